The highest BCUT2D eigenvalue weighted by atomic mass is 127. The molecule has 0 heterocycles. The quantitative estimate of drug-likeness (QED) is 0.842. The lowest BCUT2D eigenvalue weighted by atomic mass is 9.96. The van der Waals surface area contributed by atoms with E-state index in [9.17, 15) is 10.2 Å². The number of aliphatic hydroxyl groups excluding tert-OH is 2. The van der Waals surface area contributed by atoms with Crippen molar-refractivity contribution in [3.8, 4) is 0 Å². The summed E-state index contributed by atoms with van der Waals surface area (Å²) >= 11 is 2.19. The van der Waals surface area contributed by atoms with Gasteiger partial charge in [0.05, 0.1) is 6.10 Å². The number of rotatable bonds is 3. The van der Waals surface area contributed by atoms with Crippen LogP contribution in [0.4, 0.5) is 0 Å². The zero-order chi connectivity index (χ0) is 10.7. The van der Waals surface area contributed by atoms with E-state index in [0.717, 1.165) is 9.13 Å². The van der Waals surface area contributed by atoms with Crippen molar-refractivity contribution in [2.75, 3.05) is 0 Å². The summed E-state index contributed by atoms with van der Waals surface area (Å²) in [5, 5.41) is 19.5. The van der Waals surface area contributed by atoms with Gasteiger partial charge in [0.1, 0.15) is 6.10 Å². The lowest BCUT2D eigenvalue weighted by Crippen LogP contribution is -2.23. The number of halogens is 1. The van der Waals surface area contributed by atoms with Gasteiger partial charge in [-0.3, -0.25) is 0 Å². The molecule has 1 aromatic carbocycles. The zero-order valence-corrected chi connectivity index (χ0v) is 10.5. The standard InChI is InChI=1S/C11H15IO2/c1-7(2)10(13)11(14)8-4-3-5-9(12)6-8/h3-7,10-11,13-14H,1-2H3/t10-,11-/m0/s1. The van der Waals surface area contributed by atoms with Crippen LogP contribution in [0, 0.1) is 9.49 Å². The summed E-state index contributed by atoms with van der Waals surface area (Å²) in [6.45, 7) is 3.78. The topological polar surface area (TPSA) is 40.5 Å². The normalized spacial score (nSPS) is 15.6. The highest BCUT2D eigenvalue weighted by Gasteiger charge is 2.21. The lowest BCUT2D eigenvalue weighted by Gasteiger charge is -2.21. The fourth-order valence-electron chi connectivity index (χ4n) is 1.25. The van der Waals surface area contributed by atoms with Crippen LogP contribution in [0.3, 0.4) is 0 Å². The van der Waals surface area contributed by atoms with Crippen LogP contribution in [0.25, 0.3) is 0 Å². The molecule has 1 rings (SSSR count). The van der Waals surface area contributed by atoms with Crippen LogP contribution in [0.2, 0.25) is 0 Å². The molecule has 0 saturated carbocycles. The molecule has 0 radical (unpaired) electrons. The molecule has 1 aromatic rings. The molecule has 2 nitrogen and oxygen atoms in total. The Hall–Kier alpha value is -0.130. The molecule has 0 bridgehead atoms. The van der Waals surface area contributed by atoms with Gasteiger partial charge in [-0.15, -0.1) is 0 Å². The average Bonchev–Trinajstić information content (AvgIpc) is 2.15. The first-order valence-electron chi connectivity index (χ1n) is 4.64. The Morgan fingerprint density at radius 2 is 1.86 bits per heavy atom. The van der Waals surface area contributed by atoms with E-state index in [1.54, 1.807) is 0 Å². The Kier molecular flexibility index (Phi) is 4.34. The van der Waals surface area contributed by atoms with Crippen molar-refractivity contribution in [3.63, 3.8) is 0 Å². The highest BCUT2D eigenvalue weighted by molar-refractivity contribution is 14.1. The third kappa shape index (κ3) is 2.93. The van der Waals surface area contributed by atoms with E-state index in [-0.39, 0.29) is 5.92 Å². The first-order chi connectivity index (χ1) is 6.52. The van der Waals surface area contributed by atoms with Crippen LogP contribution >= 0.6 is 22.6 Å². The Labute approximate surface area is 98.1 Å². The maximum Gasteiger partial charge on any atom is 0.105 e. The first kappa shape index (κ1) is 11.9. The van der Waals surface area contributed by atoms with Gasteiger partial charge in [-0.05, 0) is 46.2 Å². The number of hydrogen-bond acceptors (Lipinski definition) is 2. The summed E-state index contributed by atoms with van der Waals surface area (Å²) in [7, 11) is 0. The Balaban J connectivity index is 2.83. The van der Waals surface area contributed by atoms with Crippen molar-refractivity contribution < 1.29 is 10.2 Å². The fraction of sp³-hybridized carbons (Fsp3) is 0.455. The second-order valence-electron chi connectivity index (χ2n) is 3.73. The van der Waals surface area contributed by atoms with Gasteiger partial charge >= 0.3 is 0 Å². The maximum absolute atomic E-state index is 9.83. The number of hydrogen-bond donors (Lipinski definition) is 2. The predicted octanol–water partition coefficient (Wildman–Crippen LogP) is 2.34. The molecular weight excluding hydrogens is 291 g/mol. The minimum absolute atomic E-state index is 0.0582. The summed E-state index contributed by atoms with van der Waals surface area (Å²) in [5.41, 5.74) is 0.776. The van der Waals surface area contributed by atoms with Crippen molar-refractivity contribution in [2.24, 2.45) is 5.92 Å². The molecule has 0 fully saturated rings. The van der Waals surface area contributed by atoms with E-state index in [1.165, 1.54) is 0 Å². The van der Waals surface area contributed by atoms with Crippen molar-refractivity contribution in [1.29, 1.82) is 0 Å². The van der Waals surface area contributed by atoms with Gasteiger partial charge in [0.15, 0.2) is 0 Å². The maximum atomic E-state index is 9.83. The van der Waals surface area contributed by atoms with E-state index in [1.807, 2.05) is 38.1 Å². The van der Waals surface area contributed by atoms with E-state index < -0.39 is 12.2 Å². The first-order valence-corrected chi connectivity index (χ1v) is 5.72. The van der Waals surface area contributed by atoms with Crippen LogP contribution in [0.15, 0.2) is 24.3 Å². The fourth-order valence-corrected chi connectivity index (χ4v) is 1.82. The van der Waals surface area contributed by atoms with E-state index in [0.29, 0.717) is 0 Å². The molecule has 0 spiro atoms. The van der Waals surface area contributed by atoms with Gasteiger partial charge < -0.3 is 10.2 Å². The van der Waals surface area contributed by atoms with Crippen LogP contribution in [0.1, 0.15) is 25.5 Å². The van der Waals surface area contributed by atoms with Crippen LogP contribution in [0.5, 0.6) is 0 Å². The van der Waals surface area contributed by atoms with Crippen LogP contribution < -0.4 is 0 Å². The molecule has 78 valence electrons. The summed E-state index contributed by atoms with van der Waals surface area (Å²) in [6, 6.07) is 7.56. The Morgan fingerprint density at radius 1 is 1.21 bits per heavy atom. The highest BCUT2D eigenvalue weighted by Crippen LogP contribution is 2.22. The van der Waals surface area contributed by atoms with Gasteiger partial charge in [0.2, 0.25) is 0 Å². The van der Waals surface area contributed by atoms with E-state index >= 15 is 0 Å². The molecule has 0 aliphatic rings. The Morgan fingerprint density at radius 3 is 2.36 bits per heavy atom. The molecule has 0 aliphatic carbocycles. The van der Waals surface area contributed by atoms with Crippen LogP contribution in [-0.2, 0) is 0 Å². The van der Waals surface area contributed by atoms with Gasteiger partial charge in [-0.25, -0.2) is 0 Å². The minimum atomic E-state index is -0.787. The summed E-state index contributed by atoms with van der Waals surface area (Å²) in [6.07, 6.45) is -1.49. The second kappa shape index (κ2) is 5.09. The number of aliphatic hydroxyl groups is 2. The van der Waals surface area contributed by atoms with Gasteiger partial charge in [0, 0.05) is 3.57 Å². The molecule has 2 N–H and O–H groups in total. The van der Waals surface area contributed by atoms with E-state index in [2.05, 4.69) is 22.6 Å². The zero-order valence-electron chi connectivity index (χ0n) is 8.31. The van der Waals surface area contributed by atoms with E-state index in [4.69, 9.17) is 0 Å². The number of benzene rings is 1. The van der Waals surface area contributed by atoms with Gasteiger partial charge in [-0.1, -0.05) is 26.0 Å². The minimum Gasteiger partial charge on any atom is -0.390 e. The van der Waals surface area contributed by atoms with Crippen LogP contribution in [-0.4, -0.2) is 16.3 Å². The molecule has 14 heavy (non-hydrogen) atoms. The molecule has 0 saturated heterocycles. The monoisotopic (exact) mass is 306 g/mol. The largest absolute Gasteiger partial charge is 0.390 e. The van der Waals surface area contributed by atoms with Gasteiger partial charge in [0.25, 0.3) is 0 Å². The van der Waals surface area contributed by atoms with Crippen molar-refractivity contribution in [1.82, 2.24) is 0 Å². The third-order valence-electron chi connectivity index (χ3n) is 2.20. The second-order valence-corrected chi connectivity index (χ2v) is 4.98. The smallest absolute Gasteiger partial charge is 0.105 e. The molecule has 0 aliphatic heterocycles. The molecule has 3 heteroatoms. The SMILES string of the molecule is CC(C)[C@H](O)[C@@H](O)c1cccc(I)c1. The average molecular weight is 306 g/mol. The van der Waals surface area contributed by atoms with Gasteiger partial charge in [-0.2, -0.15) is 0 Å². The molecule has 2 atom stereocenters. The third-order valence-corrected chi connectivity index (χ3v) is 2.87. The summed E-state index contributed by atoms with van der Waals surface area (Å²) < 4.78 is 1.06. The molecule has 0 amide bonds. The Bertz CT molecular complexity index is 299. The molecule has 0 unspecified atom stereocenters. The summed E-state index contributed by atoms with van der Waals surface area (Å²) in [4.78, 5) is 0. The van der Waals surface area contributed by atoms with Crippen molar-refractivity contribution in [2.45, 2.75) is 26.1 Å². The lowest BCUT2D eigenvalue weighted by molar-refractivity contribution is -0.00942. The van der Waals surface area contributed by atoms with Crippen molar-refractivity contribution in [3.05, 3.63) is 33.4 Å². The predicted molar refractivity (Wildman–Crippen MR) is 65.0 cm³/mol. The summed E-state index contributed by atoms with van der Waals surface area (Å²) in [5.74, 6) is 0.0582. The molecular formula is C11H15IO2. The molecule has 0 aromatic heterocycles. The van der Waals surface area contributed by atoms with Crippen molar-refractivity contribution >= 4 is 22.6 Å².